The molecule has 5 rings (SSSR count). The fraction of sp³-hybridized carbons (Fsp3) is 0.333. The van der Waals surface area contributed by atoms with Crippen LogP contribution in [0, 0.1) is 17.1 Å². The number of pyridine rings is 1. The highest BCUT2D eigenvalue weighted by molar-refractivity contribution is 5.80. The molecule has 0 aliphatic heterocycles. The molecule has 0 unspecified atom stereocenters. The van der Waals surface area contributed by atoms with Crippen molar-refractivity contribution in [3.8, 4) is 6.07 Å². The summed E-state index contributed by atoms with van der Waals surface area (Å²) in [5.41, 5.74) is -1.23. The number of nitrogens with one attached hydrogen (secondary N) is 1. The first-order chi connectivity index (χ1) is 16.2. The van der Waals surface area contributed by atoms with Crippen molar-refractivity contribution < 1.29 is 17.6 Å². The maximum atomic E-state index is 13.4. The van der Waals surface area contributed by atoms with Crippen molar-refractivity contribution in [1.29, 1.82) is 5.26 Å². The second-order valence-corrected chi connectivity index (χ2v) is 8.10. The number of nitrogens with zero attached hydrogens (tertiary/aromatic N) is 7. The van der Waals surface area contributed by atoms with E-state index in [0.717, 1.165) is 18.5 Å². The first kappa shape index (κ1) is 21.7. The van der Waals surface area contributed by atoms with Crippen LogP contribution in [0.3, 0.4) is 0 Å². The molecule has 0 saturated heterocycles. The van der Waals surface area contributed by atoms with Gasteiger partial charge in [-0.05, 0) is 31.4 Å². The van der Waals surface area contributed by atoms with Gasteiger partial charge in [0.25, 0.3) is 5.56 Å². The number of alkyl halides is 3. The summed E-state index contributed by atoms with van der Waals surface area (Å²) in [5.74, 6) is -0.375. The zero-order chi connectivity index (χ0) is 24.2. The molecule has 1 saturated carbocycles. The SMILES string of the molecule is C[C@@H](c1ccc(C(F)(F)F)nc1)n1nc(C#N)c2c(=O)[nH]c([C@@H]3CC[C@H]3n3cc(F)cn3)nc21. The van der Waals surface area contributed by atoms with Crippen LogP contribution in [-0.2, 0) is 6.18 Å². The zero-order valence-corrected chi connectivity index (χ0v) is 17.6. The zero-order valence-electron chi connectivity index (χ0n) is 17.6. The smallest absolute Gasteiger partial charge is 0.309 e. The van der Waals surface area contributed by atoms with Crippen molar-refractivity contribution in [3.63, 3.8) is 0 Å². The van der Waals surface area contributed by atoms with E-state index in [-0.39, 0.29) is 28.7 Å². The highest BCUT2D eigenvalue weighted by Crippen LogP contribution is 2.44. The Kier molecular flexibility index (Phi) is 4.96. The van der Waals surface area contributed by atoms with Crippen molar-refractivity contribution in [2.24, 2.45) is 0 Å². The Hall–Kier alpha value is -4.08. The van der Waals surface area contributed by atoms with E-state index in [2.05, 4.69) is 25.1 Å². The molecule has 1 aliphatic carbocycles. The lowest BCUT2D eigenvalue weighted by Gasteiger charge is -2.35. The highest BCUT2D eigenvalue weighted by Gasteiger charge is 2.37. The van der Waals surface area contributed by atoms with Gasteiger partial charge in [-0.2, -0.15) is 28.6 Å². The Labute approximate surface area is 188 Å². The third-order valence-corrected chi connectivity index (χ3v) is 6.11. The summed E-state index contributed by atoms with van der Waals surface area (Å²) in [6, 6.07) is 3.12. The molecule has 174 valence electrons. The van der Waals surface area contributed by atoms with Gasteiger partial charge in [0.2, 0.25) is 0 Å². The van der Waals surface area contributed by atoms with Gasteiger partial charge >= 0.3 is 6.18 Å². The predicted octanol–water partition coefficient (Wildman–Crippen LogP) is 3.47. The van der Waals surface area contributed by atoms with Crippen LogP contribution in [0.25, 0.3) is 11.0 Å². The van der Waals surface area contributed by atoms with E-state index in [1.807, 2.05) is 6.07 Å². The molecule has 0 bridgehead atoms. The van der Waals surface area contributed by atoms with Gasteiger partial charge in [0, 0.05) is 12.1 Å². The van der Waals surface area contributed by atoms with Crippen LogP contribution >= 0.6 is 0 Å². The van der Waals surface area contributed by atoms with E-state index in [1.165, 1.54) is 21.6 Å². The molecule has 1 N–H and O–H groups in total. The Morgan fingerprint density at radius 1 is 1.26 bits per heavy atom. The minimum atomic E-state index is -4.57. The summed E-state index contributed by atoms with van der Waals surface area (Å²) < 4.78 is 54.8. The maximum Gasteiger partial charge on any atom is 0.433 e. The summed E-state index contributed by atoms with van der Waals surface area (Å²) in [7, 11) is 0. The average molecular weight is 472 g/mol. The Morgan fingerprint density at radius 3 is 2.62 bits per heavy atom. The van der Waals surface area contributed by atoms with E-state index in [4.69, 9.17) is 0 Å². The van der Waals surface area contributed by atoms with Crippen LogP contribution in [0.2, 0.25) is 0 Å². The summed E-state index contributed by atoms with van der Waals surface area (Å²) in [6.45, 7) is 1.65. The Bertz CT molecular complexity index is 1480. The monoisotopic (exact) mass is 472 g/mol. The number of H-pyrrole nitrogens is 1. The number of rotatable bonds is 4. The molecule has 1 fully saturated rings. The van der Waals surface area contributed by atoms with Crippen molar-refractivity contribution in [1.82, 2.24) is 34.5 Å². The van der Waals surface area contributed by atoms with Gasteiger partial charge < -0.3 is 4.98 Å². The Morgan fingerprint density at radius 2 is 2.06 bits per heavy atom. The minimum Gasteiger partial charge on any atom is -0.309 e. The molecule has 0 amide bonds. The lowest BCUT2D eigenvalue weighted by atomic mass is 9.79. The van der Waals surface area contributed by atoms with Crippen molar-refractivity contribution >= 4 is 11.0 Å². The molecule has 1 aliphatic rings. The van der Waals surface area contributed by atoms with Gasteiger partial charge in [-0.3, -0.25) is 14.5 Å². The Balaban J connectivity index is 1.57. The van der Waals surface area contributed by atoms with E-state index < -0.39 is 29.3 Å². The number of hydrogen-bond donors (Lipinski definition) is 1. The maximum absolute atomic E-state index is 13.4. The molecule has 0 spiro atoms. The van der Waals surface area contributed by atoms with Crippen LogP contribution in [0.4, 0.5) is 17.6 Å². The number of fused-ring (bicyclic) bond motifs is 1. The average Bonchev–Trinajstić information content (AvgIpc) is 3.35. The van der Waals surface area contributed by atoms with Crippen LogP contribution in [0.1, 0.15) is 60.5 Å². The van der Waals surface area contributed by atoms with Crippen LogP contribution in [0.15, 0.2) is 35.5 Å². The quantitative estimate of drug-likeness (QED) is 0.455. The predicted molar refractivity (Wildman–Crippen MR) is 109 cm³/mol. The molecule has 0 radical (unpaired) electrons. The number of aromatic amines is 1. The van der Waals surface area contributed by atoms with E-state index in [1.54, 1.807) is 6.92 Å². The number of hydrogen-bond acceptors (Lipinski definition) is 6. The molecular formula is C21H16F4N8O. The molecule has 4 aromatic heterocycles. The second kappa shape index (κ2) is 7.75. The summed E-state index contributed by atoms with van der Waals surface area (Å²) in [5, 5.41) is 17.7. The topological polar surface area (TPSA) is 118 Å². The van der Waals surface area contributed by atoms with Crippen LogP contribution < -0.4 is 5.56 Å². The van der Waals surface area contributed by atoms with E-state index in [0.29, 0.717) is 24.2 Å². The van der Waals surface area contributed by atoms with Gasteiger partial charge in [0.1, 0.15) is 23.0 Å². The summed E-state index contributed by atoms with van der Waals surface area (Å²) in [6.07, 6.45) is 0.264. The van der Waals surface area contributed by atoms with Crippen molar-refractivity contribution in [2.45, 2.75) is 43.9 Å². The van der Waals surface area contributed by atoms with E-state index >= 15 is 0 Å². The molecule has 0 aromatic carbocycles. The number of aromatic nitrogens is 7. The standard InChI is InChI=1S/C21H16F4N8O/c1-10(11-2-5-16(27-7-11)21(23,24)25)33-19-17(14(6-26)31-33)20(34)30-18(29-19)13-3-4-15(13)32-9-12(22)8-28-32/h2,5,7-10,13,15H,3-4H2,1H3,(H,29,30,34)/t10-,13+,15+/m0/s1. The lowest BCUT2D eigenvalue weighted by Crippen LogP contribution is -2.30. The van der Waals surface area contributed by atoms with Gasteiger partial charge in [0.15, 0.2) is 17.2 Å². The highest BCUT2D eigenvalue weighted by atomic mass is 19.4. The largest absolute Gasteiger partial charge is 0.433 e. The van der Waals surface area contributed by atoms with Crippen LogP contribution in [0.5, 0.6) is 0 Å². The fourth-order valence-corrected chi connectivity index (χ4v) is 4.16. The van der Waals surface area contributed by atoms with Gasteiger partial charge in [0.05, 0.1) is 24.5 Å². The third-order valence-electron chi connectivity index (χ3n) is 6.11. The third kappa shape index (κ3) is 3.51. The fourth-order valence-electron chi connectivity index (χ4n) is 4.16. The summed E-state index contributed by atoms with van der Waals surface area (Å²) >= 11 is 0. The summed E-state index contributed by atoms with van der Waals surface area (Å²) in [4.78, 5) is 23.6. The van der Waals surface area contributed by atoms with Crippen molar-refractivity contribution in [2.75, 3.05) is 0 Å². The van der Waals surface area contributed by atoms with Gasteiger partial charge in [-0.15, -0.1) is 0 Å². The van der Waals surface area contributed by atoms with Crippen molar-refractivity contribution in [3.05, 3.63) is 69.7 Å². The minimum absolute atomic E-state index is 0.0148. The number of halogens is 4. The number of nitriles is 1. The molecular weight excluding hydrogens is 456 g/mol. The normalized spacial score (nSPS) is 19.1. The lowest BCUT2D eigenvalue weighted by molar-refractivity contribution is -0.141. The van der Waals surface area contributed by atoms with E-state index in [9.17, 15) is 27.6 Å². The second-order valence-electron chi connectivity index (χ2n) is 8.10. The molecule has 9 nitrogen and oxygen atoms in total. The van der Waals surface area contributed by atoms with Gasteiger partial charge in [-0.1, -0.05) is 6.07 Å². The first-order valence-electron chi connectivity index (χ1n) is 10.3. The van der Waals surface area contributed by atoms with Gasteiger partial charge in [-0.25, -0.2) is 14.1 Å². The molecule has 4 aromatic rings. The molecule has 3 atom stereocenters. The van der Waals surface area contributed by atoms with Crippen LogP contribution in [-0.4, -0.2) is 34.5 Å². The molecule has 34 heavy (non-hydrogen) atoms. The molecule has 4 heterocycles. The molecule has 13 heteroatoms. The first-order valence-corrected chi connectivity index (χ1v) is 10.3.